The largest absolute Gasteiger partial charge is 0.493 e. The van der Waals surface area contributed by atoms with E-state index in [1.165, 1.54) is 11.1 Å². The lowest BCUT2D eigenvalue weighted by atomic mass is 10.0. The predicted molar refractivity (Wildman–Crippen MR) is 147 cm³/mol. The van der Waals surface area contributed by atoms with Crippen molar-refractivity contribution in [2.24, 2.45) is 0 Å². The number of carbonyl (C=O) groups is 1. The summed E-state index contributed by atoms with van der Waals surface area (Å²) >= 11 is 6.07. The summed E-state index contributed by atoms with van der Waals surface area (Å²) < 4.78 is 8.40. The van der Waals surface area contributed by atoms with Crippen molar-refractivity contribution >= 4 is 28.5 Å². The Morgan fingerprint density at radius 3 is 2.61 bits per heavy atom. The molecule has 188 valence electrons. The van der Waals surface area contributed by atoms with Gasteiger partial charge in [0.25, 0.3) is 5.91 Å². The third-order valence-corrected chi connectivity index (χ3v) is 6.57. The van der Waals surface area contributed by atoms with Crippen LogP contribution in [0.1, 0.15) is 72.9 Å². The number of ether oxygens (including phenoxy) is 1. The second-order valence-electron chi connectivity index (χ2n) is 9.57. The van der Waals surface area contributed by atoms with E-state index in [1.54, 1.807) is 24.3 Å². The number of nitrogens with zero attached hydrogens (tertiary/aromatic N) is 2. The Morgan fingerprint density at radius 2 is 1.83 bits per heavy atom. The monoisotopic (exact) mass is 503 g/mol. The highest BCUT2D eigenvalue weighted by Gasteiger charge is 2.19. The number of nitrogens with one attached hydrogen (secondary N) is 1. The third-order valence-electron chi connectivity index (χ3n) is 6.33. The van der Waals surface area contributed by atoms with Crippen LogP contribution in [0, 0.1) is 6.92 Å². The highest BCUT2D eigenvalue weighted by Crippen LogP contribution is 2.28. The van der Waals surface area contributed by atoms with Crippen LogP contribution < -0.4 is 10.1 Å². The number of amides is 1. The van der Waals surface area contributed by atoms with Crippen molar-refractivity contribution in [3.05, 3.63) is 94.3 Å². The van der Waals surface area contributed by atoms with Gasteiger partial charge in [0.05, 0.1) is 23.7 Å². The van der Waals surface area contributed by atoms with Gasteiger partial charge in [-0.1, -0.05) is 55.8 Å². The molecule has 1 unspecified atom stereocenters. The first-order valence-electron chi connectivity index (χ1n) is 12.6. The maximum atomic E-state index is 12.8. The number of aromatic nitrogens is 2. The predicted octanol–water partition coefficient (Wildman–Crippen LogP) is 7.47. The zero-order valence-electron chi connectivity index (χ0n) is 21.4. The topological polar surface area (TPSA) is 56.1 Å². The number of hydrogen-bond acceptors (Lipinski definition) is 3. The van der Waals surface area contributed by atoms with Gasteiger partial charge in [0, 0.05) is 17.1 Å². The van der Waals surface area contributed by atoms with Gasteiger partial charge in [-0.05, 0) is 80.1 Å². The number of aryl methyl sites for hydroxylation is 2. The number of rotatable bonds is 10. The number of benzene rings is 3. The summed E-state index contributed by atoms with van der Waals surface area (Å²) in [6.07, 6.45) is 1.85. The second kappa shape index (κ2) is 11.6. The zero-order chi connectivity index (χ0) is 25.7. The first-order valence-corrected chi connectivity index (χ1v) is 13.0. The second-order valence-corrected chi connectivity index (χ2v) is 10.0. The van der Waals surface area contributed by atoms with Gasteiger partial charge < -0.3 is 14.6 Å². The van der Waals surface area contributed by atoms with E-state index in [1.807, 2.05) is 25.1 Å². The Bertz CT molecular complexity index is 1350. The molecule has 1 aromatic heterocycles. The molecule has 4 rings (SSSR count). The van der Waals surface area contributed by atoms with Crippen molar-refractivity contribution in [1.82, 2.24) is 14.9 Å². The van der Waals surface area contributed by atoms with E-state index in [0.717, 1.165) is 42.0 Å². The smallest absolute Gasteiger partial charge is 0.251 e. The van der Waals surface area contributed by atoms with Gasteiger partial charge in [0.1, 0.15) is 11.6 Å². The molecule has 36 heavy (non-hydrogen) atoms. The zero-order valence-corrected chi connectivity index (χ0v) is 22.2. The van der Waals surface area contributed by atoms with E-state index in [0.29, 0.717) is 23.1 Å². The lowest BCUT2D eigenvalue weighted by molar-refractivity contribution is 0.0937. The van der Waals surface area contributed by atoms with Gasteiger partial charge in [-0.3, -0.25) is 4.79 Å². The lowest BCUT2D eigenvalue weighted by Gasteiger charge is -2.17. The summed E-state index contributed by atoms with van der Waals surface area (Å²) in [5, 5.41) is 3.62. The fraction of sp³-hybridized carbons (Fsp3) is 0.333. The number of hydrogen-bond donors (Lipinski definition) is 1. The Labute approximate surface area is 218 Å². The maximum Gasteiger partial charge on any atom is 0.251 e. The summed E-state index contributed by atoms with van der Waals surface area (Å²) in [6.45, 7) is 9.89. The van der Waals surface area contributed by atoms with Crippen LogP contribution in [0.5, 0.6) is 5.75 Å². The van der Waals surface area contributed by atoms with Crippen LogP contribution >= 0.6 is 11.6 Å². The molecule has 0 aliphatic heterocycles. The van der Waals surface area contributed by atoms with Crippen molar-refractivity contribution in [3.8, 4) is 5.75 Å². The third kappa shape index (κ3) is 6.08. The molecular formula is C30H34ClN3O2. The summed E-state index contributed by atoms with van der Waals surface area (Å²) in [7, 11) is 0. The summed E-state index contributed by atoms with van der Waals surface area (Å²) in [6, 6.07) is 21.2. The molecule has 1 heterocycles. The average molecular weight is 504 g/mol. The van der Waals surface area contributed by atoms with Crippen LogP contribution in [0.2, 0.25) is 5.02 Å². The molecular weight excluding hydrogens is 470 g/mol. The highest BCUT2D eigenvalue weighted by molar-refractivity contribution is 6.30. The minimum Gasteiger partial charge on any atom is -0.493 e. The average Bonchev–Trinajstić information content (AvgIpc) is 3.22. The van der Waals surface area contributed by atoms with Crippen molar-refractivity contribution in [2.75, 3.05) is 6.61 Å². The van der Waals surface area contributed by atoms with E-state index in [2.05, 4.69) is 54.9 Å². The molecule has 3 aromatic carbocycles. The molecule has 4 aromatic rings. The van der Waals surface area contributed by atoms with Crippen molar-refractivity contribution in [1.29, 1.82) is 0 Å². The molecule has 5 nitrogen and oxygen atoms in total. The van der Waals surface area contributed by atoms with Gasteiger partial charge >= 0.3 is 0 Å². The summed E-state index contributed by atoms with van der Waals surface area (Å²) in [5.74, 6) is 2.07. The summed E-state index contributed by atoms with van der Waals surface area (Å²) in [4.78, 5) is 17.7. The van der Waals surface area contributed by atoms with Crippen LogP contribution in [-0.2, 0) is 6.54 Å². The molecule has 0 saturated carbocycles. The quantitative estimate of drug-likeness (QED) is 0.228. The Kier molecular flexibility index (Phi) is 8.32. The van der Waals surface area contributed by atoms with Crippen molar-refractivity contribution < 1.29 is 9.53 Å². The van der Waals surface area contributed by atoms with E-state index in [4.69, 9.17) is 21.3 Å². The Hall–Kier alpha value is -3.31. The standard InChI is InChI=1S/C30H34ClN3O2/c1-20(2)25-15-14-21(3)18-28(25)36-17-8-7-16-34-27-13-6-5-12-26(27)33-29(34)22(4)32-30(35)23-10-9-11-24(31)19-23/h5-6,9-15,18-20,22H,7-8,16-17H2,1-4H3,(H,32,35). The molecule has 0 radical (unpaired) electrons. The molecule has 0 fully saturated rings. The highest BCUT2D eigenvalue weighted by atomic mass is 35.5. The van der Waals surface area contributed by atoms with Gasteiger partial charge in [0.2, 0.25) is 0 Å². The van der Waals surface area contributed by atoms with Crippen LogP contribution in [0.25, 0.3) is 11.0 Å². The molecule has 6 heteroatoms. The number of imidazole rings is 1. The molecule has 0 aliphatic rings. The lowest BCUT2D eigenvalue weighted by Crippen LogP contribution is -2.28. The van der Waals surface area contributed by atoms with Crippen LogP contribution in [0.15, 0.2) is 66.7 Å². The van der Waals surface area contributed by atoms with Crippen molar-refractivity contribution in [3.63, 3.8) is 0 Å². The van der Waals surface area contributed by atoms with E-state index < -0.39 is 0 Å². The SMILES string of the molecule is Cc1ccc(C(C)C)c(OCCCCn2c(C(C)NC(=O)c3cccc(Cl)c3)nc3ccccc32)c1. The number of fused-ring (bicyclic) bond motifs is 1. The molecule has 0 bridgehead atoms. The van der Waals surface area contributed by atoms with Gasteiger partial charge in [-0.25, -0.2) is 4.98 Å². The van der Waals surface area contributed by atoms with Crippen LogP contribution in [0.4, 0.5) is 0 Å². The summed E-state index contributed by atoms with van der Waals surface area (Å²) in [5.41, 5.74) is 4.98. The van der Waals surface area contributed by atoms with E-state index in [-0.39, 0.29) is 11.9 Å². The maximum absolute atomic E-state index is 12.8. The fourth-order valence-electron chi connectivity index (χ4n) is 4.43. The molecule has 1 amide bonds. The van der Waals surface area contributed by atoms with Gasteiger partial charge in [-0.15, -0.1) is 0 Å². The van der Waals surface area contributed by atoms with E-state index in [9.17, 15) is 4.79 Å². The van der Waals surface area contributed by atoms with Gasteiger partial charge in [0.15, 0.2) is 0 Å². The Morgan fingerprint density at radius 1 is 1.03 bits per heavy atom. The number of carbonyl (C=O) groups excluding carboxylic acids is 1. The number of halogens is 1. The minimum atomic E-state index is -0.263. The molecule has 0 saturated heterocycles. The molecule has 1 N–H and O–H groups in total. The van der Waals surface area contributed by atoms with Crippen LogP contribution in [-0.4, -0.2) is 22.1 Å². The normalized spacial score (nSPS) is 12.2. The number of para-hydroxylation sites is 2. The van der Waals surface area contributed by atoms with Crippen molar-refractivity contribution in [2.45, 2.75) is 59.0 Å². The minimum absolute atomic E-state index is 0.170. The van der Waals surface area contributed by atoms with Crippen LogP contribution in [0.3, 0.4) is 0 Å². The Balaban J connectivity index is 1.43. The first kappa shape index (κ1) is 25.8. The first-order chi connectivity index (χ1) is 17.3. The molecule has 0 aliphatic carbocycles. The molecule has 1 atom stereocenters. The van der Waals surface area contributed by atoms with E-state index >= 15 is 0 Å². The molecule has 0 spiro atoms. The number of unbranched alkanes of at least 4 members (excludes halogenated alkanes) is 1. The fourth-order valence-corrected chi connectivity index (χ4v) is 4.62. The van der Waals surface area contributed by atoms with Gasteiger partial charge in [-0.2, -0.15) is 0 Å².